The summed E-state index contributed by atoms with van der Waals surface area (Å²) in [7, 11) is 0. The Kier molecular flexibility index (Phi) is 3.03. The zero-order valence-electron chi connectivity index (χ0n) is 11.6. The van der Waals surface area contributed by atoms with Crippen molar-refractivity contribution in [3.05, 3.63) is 36.0 Å². The molecule has 21 heavy (non-hydrogen) atoms. The number of nitrogens with two attached hydrogens (primary N) is 1. The Morgan fingerprint density at radius 3 is 3.05 bits per heavy atom. The van der Waals surface area contributed by atoms with Gasteiger partial charge in [0.1, 0.15) is 5.75 Å². The Bertz CT molecular complexity index is 643. The van der Waals surface area contributed by atoms with Crippen molar-refractivity contribution in [1.82, 2.24) is 10.1 Å². The average Bonchev–Trinajstić information content (AvgIpc) is 3.21. The maximum absolute atomic E-state index is 5.82. The minimum Gasteiger partial charge on any atom is -0.484 e. The summed E-state index contributed by atoms with van der Waals surface area (Å²) in [5.41, 5.74) is 6.37. The lowest BCUT2D eigenvalue weighted by molar-refractivity contribution is 0.0996. The largest absolute Gasteiger partial charge is 0.484 e. The molecule has 0 radical (unpaired) electrons. The van der Waals surface area contributed by atoms with Crippen LogP contribution in [0.2, 0.25) is 0 Å². The zero-order chi connectivity index (χ0) is 14.2. The standard InChI is InChI=1S/C15H17N3O3/c16-9-2-1-3-10(6-9)19-8-14-17-15(18-21-14)12-7-11-4-5-13(12)20-11/h1-3,6,11-13H,4-5,7-8,16H2. The summed E-state index contributed by atoms with van der Waals surface area (Å²) in [6.45, 7) is 0.248. The van der Waals surface area contributed by atoms with Gasteiger partial charge in [-0.3, -0.25) is 0 Å². The van der Waals surface area contributed by atoms with Crippen LogP contribution in [0, 0.1) is 0 Å². The second kappa shape index (κ2) is 5.04. The van der Waals surface area contributed by atoms with Crippen LogP contribution in [0.1, 0.15) is 36.9 Å². The van der Waals surface area contributed by atoms with Gasteiger partial charge in [-0.2, -0.15) is 4.98 Å². The fraction of sp³-hybridized carbons (Fsp3) is 0.467. The molecule has 0 spiro atoms. The molecular weight excluding hydrogens is 270 g/mol. The number of fused-ring (bicyclic) bond motifs is 2. The average molecular weight is 287 g/mol. The van der Waals surface area contributed by atoms with Gasteiger partial charge in [0, 0.05) is 11.8 Å². The molecule has 2 N–H and O–H groups in total. The highest BCUT2D eigenvalue weighted by atomic mass is 16.5. The molecule has 2 saturated heterocycles. The molecule has 2 fully saturated rings. The van der Waals surface area contributed by atoms with Gasteiger partial charge in [-0.25, -0.2) is 0 Å². The van der Waals surface area contributed by atoms with Crippen LogP contribution in [0.15, 0.2) is 28.8 Å². The molecule has 3 atom stereocenters. The summed E-state index contributed by atoms with van der Waals surface area (Å²) in [6, 6.07) is 7.27. The van der Waals surface area contributed by atoms with Crippen LogP contribution in [-0.4, -0.2) is 22.3 Å². The highest BCUT2D eigenvalue weighted by Crippen LogP contribution is 2.43. The number of ether oxygens (including phenoxy) is 2. The van der Waals surface area contributed by atoms with Crippen molar-refractivity contribution < 1.29 is 14.0 Å². The van der Waals surface area contributed by atoms with Crippen molar-refractivity contribution in [3.8, 4) is 5.75 Å². The van der Waals surface area contributed by atoms with E-state index in [1.54, 1.807) is 6.07 Å². The van der Waals surface area contributed by atoms with Crippen LogP contribution in [-0.2, 0) is 11.3 Å². The number of nitrogens with zero attached hydrogens (tertiary/aromatic N) is 2. The third-order valence-corrected chi connectivity index (χ3v) is 4.14. The monoisotopic (exact) mass is 287 g/mol. The number of aromatic nitrogens is 2. The molecular formula is C15H17N3O3. The molecule has 2 aliphatic rings. The van der Waals surface area contributed by atoms with E-state index < -0.39 is 0 Å². The fourth-order valence-electron chi connectivity index (χ4n) is 3.14. The quantitative estimate of drug-likeness (QED) is 0.868. The second-order valence-corrected chi connectivity index (χ2v) is 5.62. The first-order chi connectivity index (χ1) is 10.3. The molecule has 3 unspecified atom stereocenters. The fourth-order valence-corrected chi connectivity index (χ4v) is 3.14. The Morgan fingerprint density at radius 2 is 2.29 bits per heavy atom. The molecule has 1 aromatic heterocycles. The molecule has 2 aliphatic heterocycles. The van der Waals surface area contributed by atoms with Gasteiger partial charge in [0.05, 0.1) is 18.1 Å². The van der Waals surface area contributed by atoms with Crippen molar-refractivity contribution >= 4 is 5.69 Å². The summed E-state index contributed by atoms with van der Waals surface area (Å²) in [4.78, 5) is 4.43. The molecule has 1 aromatic carbocycles. The van der Waals surface area contributed by atoms with E-state index in [4.69, 9.17) is 19.7 Å². The first-order valence-corrected chi connectivity index (χ1v) is 7.24. The molecule has 2 aromatic rings. The van der Waals surface area contributed by atoms with Gasteiger partial charge >= 0.3 is 0 Å². The molecule has 6 nitrogen and oxygen atoms in total. The molecule has 0 saturated carbocycles. The Morgan fingerprint density at radius 1 is 1.33 bits per heavy atom. The molecule has 3 heterocycles. The minimum absolute atomic E-state index is 0.248. The molecule has 0 aliphatic carbocycles. The molecule has 2 bridgehead atoms. The second-order valence-electron chi connectivity index (χ2n) is 5.62. The normalized spacial score (nSPS) is 27.1. The van der Waals surface area contributed by atoms with Crippen LogP contribution >= 0.6 is 0 Å². The highest BCUT2D eigenvalue weighted by Gasteiger charge is 2.43. The van der Waals surface area contributed by atoms with Gasteiger partial charge < -0.3 is 19.7 Å². The summed E-state index contributed by atoms with van der Waals surface area (Å²) in [5, 5.41) is 4.08. The first kappa shape index (κ1) is 12.6. The van der Waals surface area contributed by atoms with Crippen molar-refractivity contribution in [3.63, 3.8) is 0 Å². The molecule has 0 amide bonds. The maximum atomic E-state index is 5.82. The predicted octanol–water partition coefficient (Wildman–Crippen LogP) is 2.27. The highest BCUT2D eigenvalue weighted by molar-refractivity contribution is 5.43. The van der Waals surface area contributed by atoms with E-state index in [0.29, 0.717) is 23.4 Å². The number of benzene rings is 1. The van der Waals surface area contributed by atoms with Crippen LogP contribution in [0.5, 0.6) is 5.75 Å². The first-order valence-electron chi connectivity index (χ1n) is 7.24. The summed E-state index contributed by atoms with van der Waals surface area (Å²) >= 11 is 0. The molecule has 4 rings (SSSR count). The third kappa shape index (κ3) is 2.47. The van der Waals surface area contributed by atoms with E-state index in [9.17, 15) is 0 Å². The smallest absolute Gasteiger partial charge is 0.264 e. The van der Waals surface area contributed by atoms with E-state index in [2.05, 4.69) is 10.1 Å². The maximum Gasteiger partial charge on any atom is 0.264 e. The van der Waals surface area contributed by atoms with Crippen LogP contribution < -0.4 is 10.5 Å². The topological polar surface area (TPSA) is 83.4 Å². The summed E-state index contributed by atoms with van der Waals surface area (Å²) < 4.78 is 16.7. The SMILES string of the molecule is Nc1cccc(OCc2nc(C3CC4CCC3O4)no2)c1. The number of hydrogen-bond acceptors (Lipinski definition) is 6. The minimum atomic E-state index is 0.248. The van der Waals surface area contributed by atoms with Crippen molar-refractivity contribution in [1.29, 1.82) is 0 Å². The number of nitrogen functional groups attached to an aromatic ring is 1. The predicted molar refractivity (Wildman–Crippen MR) is 74.7 cm³/mol. The van der Waals surface area contributed by atoms with Crippen LogP contribution in [0.25, 0.3) is 0 Å². The van der Waals surface area contributed by atoms with Crippen molar-refractivity contribution in [2.75, 3.05) is 5.73 Å². The third-order valence-electron chi connectivity index (χ3n) is 4.14. The van der Waals surface area contributed by atoms with Crippen LogP contribution in [0.3, 0.4) is 0 Å². The van der Waals surface area contributed by atoms with E-state index >= 15 is 0 Å². The Balaban J connectivity index is 1.41. The Labute approximate surface area is 122 Å². The van der Waals surface area contributed by atoms with E-state index in [-0.39, 0.29) is 18.6 Å². The zero-order valence-corrected chi connectivity index (χ0v) is 11.6. The van der Waals surface area contributed by atoms with Gasteiger partial charge in [-0.05, 0) is 31.4 Å². The lowest BCUT2D eigenvalue weighted by atomic mass is 9.89. The van der Waals surface area contributed by atoms with E-state index in [0.717, 1.165) is 25.1 Å². The van der Waals surface area contributed by atoms with Gasteiger partial charge in [-0.1, -0.05) is 11.2 Å². The number of hydrogen-bond donors (Lipinski definition) is 1. The van der Waals surface area contributed by atoms with Crippen LogP contribution in [0.4, 0.5) is 5.69 Å². The molecule has 110 valence electrons. The number of anilines is 1. The van der Waals surface area contributed by atoms with Crippen molar-refractivity contribution in [2.24, 2.45) is 0 Å². The summed E-state index contributed by atoms with van der Waals surface area (Å²) in [5.74, 6) is 2.19. The van der Waals surface area contributed by atoms with E-state index in [1.165, 1.54) is 0 Å². The Hall–Kier alpha value is -2.08. The summed E-state index contributed by atoms with van der Waals surface area (Å²) in [6.07, 6.45) is 3.89. The van der Waals surface area contributed by atoms with Gasteiger partial charge in [-0.15, -0.1) is 0 Å². The van der Waals surface area contributed by atoms with E-state index in [1.807, 2.05) is 18.2 Å². The van der Waals surface area contributed by atoms with Gasteiger partial charge in [0.2, 0.25) is 0 Å². The lowest BCUT2D eigenvalue weighted by Crippen LogP contribution is -2.15. The van der Waals surface area contributed by atoms with Gasteiger partial charge in [0.15, 0.2) is 12.4 Å². The number of rotatable bonds is 4. The van der Waals surface area contributed by atoms with Crippen molar-refractivity contribution in [2.45, 2.75) is 44.0 Å². The molecule has 6 heteroatoms. The van der Waals surface area contributed by atoms with Gasteiger partial charge in [0.25, 0.3) is 5.89 Å². The lowest BCUT2D eigenvalue weighted by Gasteiger charge is -2.13.